The Labute approximate surface area is 114 Å². The van der Waals surface area contributed by atoms with Crippen LogP contribution in [0.4, 0.5) is 0 Å². The van der Waals surface area contributed by atoms with Gasteiger partial charge in [-0.15, -0.1) is 11.3 Å². The van der Waals surface area contributed by atoms with Crippen LogP contribution in [0.3, 0.4) is 0 Å². The highest BCUT2D eigenvalue weighted by Gasteiger charge is 2.22. The van der Waals surface area contributed by atoms with E-state index in [4.69, 9.17) is 16.9 Å². The average molecular weight is 301 g/mol. The monoisotopic (exact) mass is 300 g/mol. The van der Waals surface area contributed by atoms with Crippen LogP contribution in [-0.4, -0.2) is 26.3 Å². The number of fused-ring (bicyclic) bond motifs is 1. The van der Waals surface area contributed by atoms with Crippen LogP contribution in [0.1, 0.15) is 0 Å². The molecule has 0 saturated heterocycles. The number of thiophene rings is 1. The number of halogens is 1. The number of benzene rings is 1. The molecule has 18 heavy (non-hydrogen) atoms. The Morgan fingerprint density at radius 3 is 2.83 bits per heavy atom. The van der Waals surface area contributed by atoms with E-state index in [0.717, 1.165) is 14.4 Å². The van der Waals surface area contributed by atoms with Crippen molar-refractivity contribution in [1.82, 2.24) is 4.31 Å². The maximum atomic E-state index is 12.1. The second-order valence-electron chi connectivity index (χ2n) is 3.67. The van der Waals surface area contributed by atoms with Crippen molar-refractivity contribution in [2.75, 3.05) is 13.6 Å². The van der Waals surface area contributed by atoms with Crippen molar-refractivity contribution < 1.29 is 8.42 Å². The standard InChI is InChI=1S/C11H9ClN2O2S2/c1-14(5-4-13)18(15,16)11-7-8-6-9(12)2-3-10(8)17-11/h2-3,6-7H,5H2,1H3. The third-order valence-electron chi connectivity index (χ3n) is 2.41. The van der Waals surface area contributed by atoms with Crippen LogP contribution in [0.2, 0.25) is 5.02 Å². The van der Waals surface area contributed by atoms with Crippen LogP contribution in [0.25, 0.3) is 10.1 Å². The molecule has 2 aromatic rings. The summed E-state index contributed by atoms with van der Waals surface area (Å²) in [7, 11) is -2.20. The van der Waals surface area contributed by atoms with Crippen LogP contribution in [0.15, 0.2) is 28.5 Å². The van der Waals surface area contributed by atoms with Gasteiger partial charge in [-0.3, -0.25) is 0 Å². The zero-order chi connectivity index (χ0) is 13.3. The minimum absolute atomic E-state index is 0.169. The molecule has 0 aliphatic carbocycles. The third-order valence-corrected chi connectivity index (χ3v) is 6.02. The van der Waals surface area contributed by atoms with Crippen molar-refractivity contribution in [3.63, 3.8) is 0 Å². The fraction of sp³-hybridized carbons (Fsp3) is 0.182. The van der Waals surface area contributed by atoms with Crippen molar-refractivity contribution in [2.45, 2.75) is 4.21 Å². The van der Waals surface area contributed by atoms with Gasteiger partial charge in [0, 0.05) is 16.8 Å². The van der Waals surface area contributed by atoms with Crippen molar-refractivity contribution >= 4 is 43.0 Å². The first-order chi connectivity index (χ1) is 8.45. The van der Waals surface area contributed by atoms with Gasteiger partial charge in [0.2, 0.25) is 0 Å². The van der Waals surface area contributed by atoms with E-state index in [1.807, 2.05) is 6.07 Å². The molecule has 0 fully saturated rings. The zero-order valence-electron chi connectivity index (χ0n) is 9.42. The maximum Gasteiger partial charge on any atom is 0.253 e. The van der Waals surface area contributed by atoms with Crippen LogP contribution in [0.5, 0.6) is 0 Å². The Morgan fingerprint density at radius 2 is 2.17 bits per heavy atom. The van der Waals surface area contributed by atoms with Gasteiger partial charge in [-0.2, -0.15) is 9.57 Å². The zero-order valence-corrected chi connectivity index (χ0v) is 11.8. The van der Waals surface area contributed by atoms with Crippen molar-refractivity contribution in [2.24, 2.45) is 0 Å². The lowest BCUT2D eigenvalue weighted by molar-refractivity contribution is 0.504. The van der Waals surface area contributed by atoms with E-state index in [-0.39, 0.29) is 10.8 Å². The second kappa shape index (κ2) is 4.86. The van der Waals surface area contributed by atoms with Gasteiger partial charge in [-0.05, 0) is 29.7 Å². The van der Waals surface area contributed by atoms with Crippen LogP contribution >= 0.6 is 22.9 Å². The molecule has 0 atom stereocenters. The quantitative estimate of drug-likeness (QED) is 0.819. The van der Waals surface area contributed by atoms with Gasteiger partial charge in [0.15, 0.2) is 0 Å². The summed E-state index contributed by atoms with van der Waals surface area (Å²) in [5.41, 5.74) is 0. The minimum atomic E-state index is -3.59. The van der Waals surface area contributed by atoms with E-state index in [2.05, 4.69) is 0 Å². The van der Waals surface area contributed by atoms with Gasteiger partial charge < -0.3 is 0 Å². The van der Waals surface area contributed by atoms with E-state index >= 15 is 0 Å². The smallest absolute Gasteiger partial charge is 0.206 e. The normalized spacial score (nSPS) is 11.9. The number of nitrogens with zero attached hydrogens (tertiary/aromatic N) is 2. The minimum Gasteiger partial charge on any atom is -0.206 e. The molecule has 1 aromatic carbocycles. The second-order valence-corrected chi connectivity index (χ2v) is 7.46. The summed E-state index contributed by atoms with van der Waals surface area (Å²) in [5, 5.41) is 9.91. The molecule has 4 nitrogen and oxygen atoms in total. The first-order valence-electron chi connectivity index (χ1n) is 4.97. The molecule has 1 heterocycles. The lowest BCUT2D eigenvalue weighted by Gasteiger charge is -2.10. The number of nitriles is 1. The molecule has 0 aliphatic rings. The summed E-state index contributed by atoms with van der Waals surface area (Å²) in [6.45, 7) is -0.169. The first kappa shape index (κ1) is 13.3. The number of hydrogen-bond acceptors (Lipinski definition) is 4. The SMILES string of the molecule is CN(CC#N)S(=O)(=O)c1cc2cc(Cl)ccc2s1. The molecular formula is C11H9ClN2O2S2. The molecule has 7 heteroatoms. The van der Waals surface area contributed by atoms with Crippen LogP contribution < -0.4 is 0 Å². The van der Waals surface area contributed by atoms with E-state index in [9.17, 15) is 8.42 Å². The fourth-order valence-corrected chi connectivity index (χ4v) is 4.29. The van der Waals surface area contributed by atoms with Gasteiger partial charge in [0.25, 0.3) is 10.0 Å². The van der Waals surface area contributed by atoms with Gasteiger partial charge in [-0.1, -0.05) is 11.6 Å². The molecule has 0 saturated carbocycles. The van der Waals surface area contributed by atoms with E-state index < -0.39 is 10.0 Å². The number of hydrogen-bond donors (Lipinski definition) is 0. The predicted molar refractivity (Wildman–Crippen MR) is 72.3 cm³/mol. The van der Waals surface area contributed by atoms with Crippen molar-refractivity contribution in [1.29, 1.82) is 5.26 Å². The molecular weight excluding hydrogens is 292 g/mol. The lowest BCUT2D eigenvalue weighted by Crippen LogP contribution is -2.26. The van der Waals surface area contributed by atoms with Gasteiger partial charge in [0.1, 0.15) is 10.8 Å². The average Bonchev–Trinajstić information content (AvgIpc) is 2.72. The third kappa shape index (κ3) is 2.35. The van der Waals surface area contributed by atoms with E-state index in [1.54, 1.807) is 24.3 Å². The molecule has 0 spiro atoms. The number of rotatable bonds is 3. The molecule has 1 aromatic heterocycles. The molecule has 94 valence electrons. The lowest BCUT2D eigenvalue weighted by atomic mass is 10.3. The highest BCUT2D eigenvalue weighted by Crippen LogP contribution is 2.32. The molecule has 0 unspecified atom stereocenters. The summed E-state index contributed by atoms with van der Waals surface area (Å²) in [4.78, 5) is 0. The fourth-order valence-electron chi connectivity index (χ4n) is 1.46. The molecule has 2 rings (SSSR count). The maximum absolute atomic E-state index is 12.1. The Bertz CT molecular complexity index is 731. The van der Waals surface area contributed by atoms with Crippen molar-refractivity contribution in [3.05, 3.63) is 29.3 Å². The van der Waals surface area contributed by atoms with Gasteiger partial charge in [-0.25, -0.2) is 8.42 Å². The van der Waals surface area contributed by atoms with E-state index in [1.165, 1.54) is 18.4 Å². The molecule has 0 N–H and O–H groups in total. The Balaban J connectivity index is 2.52. The molecule has 0 aliphatic heterocycles. The van der Waals surface area contributed by atoms with Gasteiger partial charge in [0.05, 0.1) is 6.07 Å². The van der Waals surface area contributed by atoms with Crippen molar-refractivity contribution in [3.8, 4) is 6.07 Å². The highest BCUT2D eigenvalue weighted by molar-refractivity contribution is 7.91. The topological polar surface area (TPSA) is 61.2 Å². The number of sulfonamides is 1. The first-order valence-corrected chi connectivity index (χ1v) is 7.61. The predicted octanol–water partition coefficient (Wildman–Crippen LogP) is 2.70. The summed E-state index contributed by atoms with van der Waals surface area (Å²) in [5.74, 6) is 0. The Morgan fingerprint density at radius 1 is 1.44 bits per heavy atom. The molecule has 0 bridgehead atoms. The summed E-state index contributed by atoms with van der Waals surface area (Å²) in [6, 6.07) is 8.62. The molecule has 0 amide bonds. The van der Waals surface area contributed by atoms with Crippen LogP contribution in [-0.2, 0) is 10.0 Å². The molecule has 0 radical (unpaired) electrons. The summed E-state index contributed by atoms with van der Waals surface area (Å²) >= 11 is 7.03. The Kier molecular flexibility index (Phi) is 3.59. The highest BCUT2D eigenvalue weighted by atomic mass is 35.5. The van der Waals surface area contributed by atoms with Gasteiger partial charge >= 0.3 is 0 Å². The van der Waals surface area contributed by atoms with E-state index in [0.29, 0.717) is 5.02 Å². The van der Waals surface area contributed by atoms with Crippen LogP contribution in [0, 0.1) is 11.3 Å². The summed E-state index contributed by atoms with van der Waals surface area (Å²) < 4.78 is 26.4. The largest absolute Gasteiger partial charge is 0.253 e. The summed E-state index contributed by atoms with van der Waals surface area (Å²) in [6.07, 6.45) is 0. The Hall–Kier alpha value is -1.13.